The first-order valence-electron chi connectivity index (χ1n) is 5.40. The minimum Gasteiger partial charge on any atom is -0.389 e. The summed E-state index contributed by atoms with van der Waals surface area (Å²) in [6.45, 7) is 2.67. The maximum absolute atomic E-state index is 10.7. The first-order chi connectivity index (χ1) is 8.09. The van der Waals surface area contributed by atoms with Crippen LogP contribution >= 0.6 is 11.3 Å². The van der Waals surface area contributed by atoms with E-state index in [4.69, 9.17) is 10.5 Å². The fraction of sp³-hybridized carbons (Fsp3) is 0.545. The van der Waals surface area contributed by atoms with E-state index >= 15 is 0 Å². The number of thiophene rings is 1. The van der Waals surface area contributed by atoms with E-state index in [0.717, 1.165) is 4.88 Å². The molecule has 96 valence electrons. The molecule has 17 heavy (non-hydrogen) atoms. The van der Waals surface area contributed by atoms with Gasteiger partial charge in [-0.25, -0.2) is 0 Å². The Morgan fingerprint density at radius 1 is 1.71 bits per heavy atom. The number of amides is 1. The van der Waals surface area contributed by atoms with E-state index in [2.05, 4.69) is 5.32 Å². The molecule has 0 saturated carbocycles. The molecule has 0 spiro atoms. The minimum atomic E-state index is -0.642. The molecular formula is C11H18N2O3S. The minimum absolute atomic E-state index is 0.233. The second kappa shape index (κ2) is 7.39. The third-order valence-corrected chi connectivity index (χ3v) is 3.07. The normalized spacial score (nSPS) is 14.5. The number of carbonyl (C=O) groups excluding carboxylic acids is 1. The lowest BCUT2D eigenvalue weighted by atomic mass is 10.3. The molecule has 0 aliphatic rings. The molecule has 4 N–H and O–H groups in total. The van der Waals surface area contributed by atoms with Crippen molar-refractivity contribution in [2.45, 2.75) is 25.7 Å². The summed E-state index contributed by atoms with van der Waals surface area (Å²) in [5.74, 6) is -0.434. The third kappa shape index (κ3) is 5.78. The molecule has 0 bridgehead atoms. The van der Waals surface area contributed by atoms with E-state index in [9.17, 15) is 9.90 Å². The average Bonchev–Trinajstić information content (AvgIpc) is 2.78. The van der Waals surface area contributed by atoms with Crippen molar-refractivity contribution in [3.63, 3.8) is 0 Å². The molecule has 1 aromatic rings. The summed E-state index contributed by atoms with van der Waals surface area (Å²) in [6, 6.07) is 3.49. The van der Waals surface area contributed by atoms with Gasteiger partial charge in [0, 0.05) is 11.4 Å². The van der Waals surface area contributed by atoms with Crippen LogP contribution in [0.3, 0.4) is 0 Å². The van der Waals surface area contributed by atoms with Gasteiger partial charge in [0.1, 0.15) is 0 Å². The molecule has 1 rings (SSSR count). The smallest absolute Gasteiger partial charge is 0.234 e. The zero-order valence-corrected chi connectivity index (χ0v) is 10.6. The van der Waals surface area contributed by atoms with E-state index < -0.39 is 18.1 Å². The molecule has 1 amide bonds. The van der Waals surface area contributed by atoms with Crippen LogP contribution in [0, 0.1) is 0 Å². The number of aliphatic hydroxyl groups excluding tert-OH is 1. The zero-order valence-electron chi connectivity index (χ0n) is 9.76. The molecule has 2 unspecified atom stereocenters. The Morgan fingerprint density at radius 2 is 2.47 bits per heavy atom. The van der Waals surface area contributed by atoms with Gasteiger partial charge in [-0.2, -0.15) is 0 Å². The predicted octanol–water partition coefficient (Wildman–Crippen LogP) is 0.0890. The fourth-order valence-electron chi connectivity index (χ4n) is 1.16. The fourth-order valence-corrected chi connectivity index (χ4v) is 1.80. The molecule has 0 aromatic carbocycles. The van der Waals surface area contributed by atoms with Crippen molar-refractivity contribution in [1.82, 2.24) is 5.32 Å². The summed E-state index contributed by atoms with van der Waals surface area (Å²) in [4.78, 5) is 11.9. The summed E-state index contributed by atoms with van der Waals surface area (Å²) in [5.41, 5.74) is 5.07. The van der Waals surface area contributed by atoms with Gasteiger partial charge in [0.25, 0.3) is 0 Å². The number of ether oxygens (including phenoxy) is 1. The Kier molecular flexibility index (Phi) is 6.13. The summed E-state index contributed by atoms with van der Waals surface area (Å²) in [6.07, 6.45) is -0.642. The van der Waals surface area contributed by atoms with E-state index in [0.29, 0.717) is 6.61 Å². The van der Waals surface area contributed by atoms with Gasteiger partial charge in [-0.1, -0.05) is 6.07 Å². The van der Waals surface area contributed by atoms with Crippen molar-refractivity contribution in [2.24, 2.45) is 5.73 Å². The van der Waals surface area contributed by atoms with Crippen LogP contribution in [-0.4, -0.2) is 36.3 Å². The van der Waals surface area contributed by atoms with Crippen LogP contribution < -0.4 is 11.1 Å². The Balaban J connectivity index is 2.09. The Bertz CT molecular complexity index is 329. The van der Waals surface area contributed by atoms with Gasteiger partial charge in [-0.05, 0) is 18.4 Å². The van der Waals surface area contributed by atoms with Crippen LogP contribution in [0.15, 0.2) is 17.5 Å². The molecule has 2 atom stereocenters. The van der Waals surface area contributed by atoms with E-state index in [1.807, 2.05) is 17.5 Å². The van der Waals surface area contributed by atoms with Gasteiger partial charge in [0.2, 0.25) is 5.91 Å². The largest absolute Gasteiger partial charge is 0.389 e. The van der Waals surface area contributed by atoms with E-state index in [-0.39, 0.29) is 13.2 Å². The zero-order chi connectivity index (χ0) is 12.7. The topological polar surface area (TPSA) is 84.6 Å². The number of nitrogens with two attached hydrogens (primary N) is 1. The van der Waals surface area contributed by atoms with Gasteiger partial charge in [0.05, 0.1) is 25.4 Å². The molecule has 0 radical (unpaired) electrons. The van der Waals surface area contributed by atoms with Gasteiger partial charge in [0.15, 0.2) is 0 Å². The standard InChI is InChI=1S/C11H18N2O3S/c1-8(11(12)15)13-5-9(14)6-16-7-10-3-2-4-17-10/h2-4,8-9,13-14H,5-7H2,1H3,(H2,12,15). The van der Waals surface area contributed by atoms with Crippen LogP contribution in [0.4, 0.5) is 0 Å². The molecule has 5 nitrogen and oxygen atoms in total. The molecule has 0 saturated heterocycles. The van der Waals surface area contributed by atoms with Crippen LogP contribution in [0.5, 0.6) is 0 Å². The second-order valence-corrected chi connectivity index (χ2v) is 4.81. The number of carbonyl (C=O) groups is 1. The SMILES string of the molecule is CC(NCC(O)COCc1cccs1)C(N)=O. The number of rotatable bonds is 8. The first kappa shape index (κ1) is 14.1. The number of hydrogen-bond donors (Lipinski definition) is 3. The van der Waals surface area contributed by atoms with Gasteiger partial charge >= 0.3 is 0 Å². The molecular weight excluding hydrogens is 240 g/mol. The Labute approximate surface area is 105 Å². The highest BCUT2D eigenvalue weighted by molar-refractivity contribution is 7.09. The van der Waals surface area contributed by atoms with Crippen LogP contribution in [0.2, 0.25) is 0 Å². The van der Waals surface area contributed by atoms with Crippen molar-refractivity contribution in [3.05, 3.63) is 22.4 Å². The molecule has 0 aliphatic carbocycles. The van der Waals surface area contributed by atoms with Crippen LogP contribution in [0.1, 0.15) is 11.8 Å². The highest BCUT2D eigenvalue weighted by atomic mass is 32.1. The van der Waals surface area contributed by atoms with Crippen molar-refractivity contribution in [2.75, 3.05) is 13.2 Å². The Hall–Kier alpha value is -0.950. The van der Waals surface area contributed by atoms with Crippen molar-refractivity contribution in [3.8, 4) is 0 Å². The number of primary amides is 1. The Morgan fingerprint density at radius 3 is 3.06 bits per heavy atom. The highest BCUT2D eigenvalue weighted by Gasteiger charge is 2.10. The third-order valence-electron chi connectivity index (χ3n) is 2.22. The van der Waals surface area contributed by atoms with Crippen LogP contribution in [0.25, 0.3) is 0 Å². The lowest BCUT2D eigenvalue weighted by Crippen LogP contribution is -2.43. The first-order valence-corrected chi connectivity index (χ1v) is 6.28. The van der Waals surface area contributed by atoms with Gasteiger partial charge < -0.3 is 20.9 Å². The molecule has 1 heterocycles. The average molecular weight is 258 g/mol. The number of nitrogens with one attached hydrogen (secondary N) is 1. The van der Waals surface area contributed by atoms with Crippen molar-refractivity contribution < 1.29 is 14.6 Å². The van der Waals surface area contributed by atoms with E-state index in [1.54, 1.807) is 18.3 Å². The summed E-state index contributed by atoms with van der Waals surface area (Å²) in [5, 5.41) is 14.4. The maximum Gasteiger partial charge on any atom is 0.234 e. The lowest BCUT2D eigenvalue weighted by Gasteiger charge is -2.14. The summed E-state index contributed by atoms with van der Waals surface area (Å²) >= 11 is 1.61. The molecule has 1 aromatic heterocycles. The lowest BCUT2D eigenvalue weighted by molar-refractivity contribution is -0.119. The van der Waals surface area contributed by atoms with Gasteiger partial charge in [-0.3, -0.25) is 4.79 Å². The summed E-state index contributed by atoms with van der Waals surface area (Å²) in [7, 11) is 0. The molecule has 0 fully saturated rings. The highest BCUT2D eigenvalue weighted by Crippen LogP contribution is 2.09. The quantitative estimate of drug-likeness (QED) is 0.617. The van der Waals surface area contributed by atoms with E-state index in [1.165, 1.54) is 0 Å². The summed E-state index contributed by atoms with van der Waals surface area (Å²) < 4.78 is 5.34. The van der Waals surface area contributed by atoms with Crippen molar-refractivity contribution >= 4 is 17.2 Å². The van der Waals surface area contributed by atoms with Crippen molar-refractivity contribution in [1.29, 1.82) is 0 Å². The van der Waals surface area contributed by atoms with Gasteiger partial charge in [-0.15, -0.1) is 11.3 Å². The predicted molar refractivity (Wildman–Crippen MR) is 66.6 cm³/mol. The number of aliphatic hydroxyl groups is 1. The maximum atomic E-state index is 10.7. The molecule has 0 aliphatic heterocycles. The monoisotopic (exact) mass is 258 g/mol. The number of hydrogen-bond acceptors (Lipinski definition) is 5. The van der Waals surface area contributed by atoms with Crippen LogP contribution in [-0.2, 0) is 16.1 Å². The second-order valence-electron chi connectivity index (χ2n) is 3.78. The molecule has 6 heteroatoms.